The van der Waals surface area contributed by atoms with Crippen LogP contribution in [0.4, 0.5) is 0 Å². The molecule has 0 aliphatic heterocycles. The van der Waals surface area contributed by atoms with E-state index in [0.717, 1.165) is 11.3 Å². The van der Waals surface area contributed by atoms with Gasteiger partial charge >= 0.3 is 0 Å². The smallest absolute Gasteiger partial charge is 0.292 e. The van der Waals surface area contributed by atoms with Gasteiger partial charge < -0.3 is 9.84 Å². The minimum atomic E-state index is -0.356. The van der Waals surface area contributed by atoms with E-state index < -0.39 is 0 Å². The fourth-order valence-electron chi connectivity index (χ4n) is 1.49. The first kappa shape index (κ1) is 11.4. The lowest BCUT2D eigenvalue weighted by Gasteiger charge is -2.03. The molecule has 0 aliphatic carbocycles. The summed E-state index contributed by atoms with van der Waals surface area (Å²) in [7, 11) is 1.60. The number of aromatic nitrogens is 3. The maximum atomic E-state index is 11.6. The van der Waals surface area contributed by atoms with Gasteiger partial charge in [0.05, 0.1) is 20.3 Å². The molecule has 0 radical (unpaired) electrons. The zero-order valence-corrected chi connectivity index (χ0v) is 9.38. The summed E-state index contributed by atoms with van der Waals surface area (Å²) in [5.41, 5.74) is 0.767. The van der Waals surface area contributed by atoms with Crippen LogP contribution in [0.5, 0.6) is 5.75 Å². The predicted octanol–water partition coefficient (Wildman–Crippen LogP) is 0.121. The topological polar surface area (TPSA) is 80.1 Å². The molecule has 2 rings (SSSR count). The molecule has 0 saturated carbocycles. The monoisotopic (exact) mass is 235 g/mol. The van der Waals surface area contributed by atoms with Crippen LogP contribution in [0.15, 0.2) is 29.1 Å². The number of nitrogens with zero attached hydrogens (tertiary/aromatic N) is 2. The maximum Gasteiger partial charge on any atom is 0.292 e. The van der Waals surface area contributed by atoms with Crippen LogP contribution in [0, 0.1) is 0 Å². The molecule has 2 aromatic rings. The fourth-order valence-corrected chi connectivity index (χ4v) is 1.49. The number of benzene rings is 1. The Bertz CT molecular complexity index is 542. The van der Waals surface area contributed by atoms with Crippen molar-refractivity contribution in [2.24, 2.45) is 0 Å². The summed E-state index contributed by atoms with van der Waals surface area (Å²) in [4.78, 5) is 11.6. The third-order valence-corrected chi connectivity index (χ3v) is 2.45. The molecule has 0 bridgehead atoms. The normalized spacial score (nSPS) is 10.5. The lowest BCUT2D eigenvalue weighted by molar-refractivity contribution is 0.275. The van der Waals surface area contributed by atoms with Crippen LogP contribution in [-0.4, -0.2) is 27.2 Å². The van der Waals surface area contributed by atoms with Crippen LogP contribution in [-0.2, 0) is 13.2 Å². The van der Waals surface area contributed by atoms with E-state index in [0.29, 0.717) is 6.54 Å². The molecular formula is C11H13N3O3. The molecule has 1 heterocycles. The summed E-state index contributed by atoms with van der Waals surface area (Å²) >= 11 is 0. The first-order chi connectivity index (χ1) is 8.24. The number of ether oxygens (including phenoxy) is 1. The number of rotatable bonds is 4. The maximum absolute atomic E-state index is 11.6. The SMILES string of the molecule is COc1ccc(Cn2[nH]nc(CO)c2=O)cc1. The molecule has 0 amide bonds. The van der Waals surface area contributed by atoms with E-state index >= 15 is 0 Å². The zero-order valence-electron chi connectivity index (χ0n) is 9.38. The second kappa shape index (κ2) is 4.84. The van der Waals surface area contributed by atoms with Crippen molar-refractivity contribution in [2.45, 2.75) is 13.2 Å². The molecule has 0 saturated heterocycles. The number of nitrogens with one attached hydrogen (secondary N) is 1. The van der Waals surface area contributed by atoms with Gasteiger partial charge in [-0.05, 0) is 17.7 Å². The van der Waals surface area contributed by atoms with Crippen LogP contribution in [0.2, 0.25) is 0 Å². The van der Waals surface area contributed by atoms with E-state index in [1.807, 2.05) is 24.3 Å². The second-order valence-electron chi connectivity index (χ2n) is 3.56. The molecule has 0 fully saturated rings. The standard InChI is InChI=1S/C11H13N3O3/c1-17-9-4-2-8(3-5-9)6-14-11(16)10(7-15)12-13-14/h2-5,13,15H,6-7H2,1H3. The molecule has 1 aromatic carbocycles. The molecule has 1 aromatic heterocycles. The van der Waals surface area contributed by atoms with Crippen LogP contribution < -0.4 is 10.3 Å². The molecular weight excluding hydrogens is 222 g/mol. The minimum Gasteiger partial charge on any atom is -0.497 e. The molecule has 90 valence electrons. The van der Waals surface area contributed by atoms with Gasteiger partial charge in [-0.3, -0.25) is 4.79 Å². The van der Waals surface area contributed by atoms with E-state index in [-0.39, 0.29) is 17.9 Å². The Kier molecular flexibility index (Phi) is 3.24. The molecule has 17 heavy (non-hydrogen) atoms. The Labute approximate surface area is 97.4 Å². The summed E-state index contributed by atoms with van der Waals surface area (Å²) in [6.45, 7) is 0.0285. The molecule has 0 spiro atoms. The first-order valence-electron chi connectivity index (χ1n) is 5.12. The largest absolute Gasteiger partial charge is 0.497 e. The lowest BCUT2D eigenvalue weighted by Crippen LogP contribution is -2.19. The Hall–Kier alpha value is -2.08. The quantitative estimate of drug-likeness (QED) is 0.788. The predicted molar refractivity (Wildman–Crippen MR) is 60.9 cm³/mol. The average Bonchev–Trinajstić information content (AvgIpc) is 2.71. The van der Waals surface area contributed by atoms with E-state index in [4.69, 9.17) is 9.84 Å². The van der Waals surface area contributed by atoms with Crippen LogP contribution in [0.25, 0.3) is 0 Å². The highest BCUT2D eigenvalue weighted by Crippen LogP contribution is 2.11. The lowest BCUT2D eigenvalue weighted by atomic mass is 10.2. The van der Waals surface area contributed by atoms with Crippen molar-refractivity contribution in [2.75, 3.05) is 7.11 Å². The number of H-pyrrole nitrogens is 1. The van der Waals surface area contributed by atoms with Crippen LogP contribution in [0.3, 0.4) is 0 Å². The highest BCUT2D eigenvalue weighted by atomic mass is 16.5. The van der Waals surface area contributed by atoms with E-state index in [1.165, 1.54) is 4.68 Å². The summed E-state index contributed by atoms with van der Waals surface area (Å²) in [6, 6.07) is 7.38. The van der Waals surface area contributed by atoms with Crippen molar-refractivity contribution < 1.29 is 9.84 Å². The summed E-state index contributed by atoms with van der Waals surface area (Å²) in [5.74, 6) is 0.766. The van der Waals surface area contributed by atoms with Gasteiger partial charge in [-0.25, -0.2) is 9.90 Å². The number of aromatic amines is 1. The van der Waals surface area contributed by atoms with Crippen molar-refractivity contribution in [1.29, 1.82) is 0 Å². The van der Waals surface area contributed by atoms with Crippen molar-refractivity contribution >= 4 is 0 Å². The zero-order chi connectivity index (χ0) is 12.3. The molecule has 0 atom stereocenters. The molecule has 2 N–H and O–H groups in total. The van der Waals surface area contributed by atoms with Crippen molar-refractivity contribution in [3.05, 3.63) is 45.9 Å². The van der Waals surface area contributed by atoms with E-state index in [9.17, 15) is 4.79 Å². The van der Waals surface area contributed by atoms with Gasteiger partial charge in [0.25, 0.3) is 5.56 Å². The molecule has 0 aliphatic rings. The Morgan fingerprint density at radius 3 is 2.65 bits per heavy atom. The Morgan fingerprint density at radius 2 is 2.12 bits per heavy atom. The second-order valence-corrected chi connectivity index (χ2v) is 3.56. The van der Waals surface area contributed by atoms with Gasteiger partial charge in [0.15, 0.2) is 5.69 Å². The fraction of sp³-hybridized carbons (Fsp3) is 0.273. The number of aliphatic hydroxyl groups excluding tert-OH is 1. The third-order valence-electron chi connectivity index (χ3n) is 2.45. The number of aliphatic hydroxyl groups is 1. The average molecular weight is 235 g/mol. The Balaban J connectivity index is 2.19. The van der Waals surface area contributed by atoms with Crippen LogP contribution in [0.1, 0.15) is 11.3 Å². The molecule has 6 heteroatoms. The first-order valence-corrected chi connectivity index (χ1v) is 5.12. The number of methoxy groups -OCH3 is 1. The van der Waals surface area contributed by atoms with E-state index in [1.54, 1.807) is 7.11 Å². The molecule has 0 unspecified atom stereocenters. The highest BCUT2D eigenvalue weighted by Gasteiger charge is 2.06. The Morgan fingerprint density at radius 1 is 1.41 bits per heavy atom. The summed E-state index contributed by atoms with van der Waals surface area (Å²) < 4.78 is 6.38. The van der Waals surface area contributed by atoms with Gasteiger partial charge in [0.2, 0.25) is 0 Å². The van der Waals surface area contributed by atoms with Gasteiger partial charge in [0, 0.05) is 0 Å². The number of hydrogen-bond donors (Lipinski definition) is 2. The third kappa shape index (κ3) is 2.36. The van der Waals surface area contributed by atoms with Gasteiger partial charge in [-0.2, -0.15) is 5.10 Å². The highest BCUT2D eigenvalue weighted by molar-refractivity contribution is 5.27. The number of hydrogen-bond acceptors (Lipinski definition) is 4. The van der Waals surface area contributed by atoms with Crippen LogP contribution >= 0.6 is 0 Å². The minimum absolute atomic E-state index is 0.124. The summed E-state index contributed by atoms with van der Waals surface area (Å²) in [5, 5.41) is 15.1. The van der Waals surface area contributed by atoms with E-state index in [2.05, 4.69) is 10.3 Å². The van der Waals surface area contributed by atoms with Gasteiger partial charge in [-0.1, -0.05) is 12.1 Å². The molecule has 6 nitrogen and oxygen atoms in total. The van der Waals surface area contributed by atoms with Crippen molar-refractivity contribution in [3.8, 4) is 5.75 Å². The summed E-state index contributed by atoms with van der Waals surface area (Å²) in [6.07, 6.45) is 0. The van der Waals surface area contributed by atoms with Crippen molar-refractivity contribution in [1.82, 2.24) is 15.0 Å². The van der Waals surface area contributed by atoms with Gasteiger partial charge in [0.1, 0.15) is 5.75 Å². The van der Waals surface area contributed by atoms with Gasteiger partial charge in [-0.15, -0.1) is 0 Å². The van der Waals surface area contributed by atoms with Crippen molar-refractivity contribution in [3.63, 3.8) is 0 Å².